The Labute approximate surface area is 183 Å². The van der Waals surface area contributed by atoms with Gasteiger partial charge in [0.05, 0.1) is 18.7 Å². The summed E-state index contributed by atoms with van der Waals surface area (Å²) < 4.78 is 23.7. The number of nitrogens with two attached hydrogens (primary N) is 1. The maximum atomic E-state index is 5.93. The van der Waals surface area contributed by atoms with E-state index in [1.165, 1.54) is 6.33 Å². The van der Waals surface area contributed by atoms with Crippen LogP contribution in [-0.2, 0) is 9.47 Å². The molecule has 0 spiro atoms. The van der Waals surface area contributed by atoms with E-state index in [0.29, 0.717) is 60.5 Å². The second kappa shape index (κ2) is 10.8. The molecule has 9 heteroatoms. The summed E-state index contributed by atoms with van der Waals surface area (Å²) in [6, 6.07) is 9.15. The molecule has 0 aliphatic carbocycles. The van der Waals surface area contributed by atoms with Crippen molar-refractivity contribution in [2.45, 2.75) is 0 Å². The van der Waals surface area contributed by atoms with E-state index in [1.807, 2.05) is 28.9 Å². The summed E-state index contributed by atoms with van der Waals surface area (Å²) in [5.41, 5.74) is 8.61. The monoisotopic (exact) mass is 440 g/mol. The molecule has 1 heterocycles. The minimum absolute atomic E-state index is 0.375. The van der Waals surface area contributed by atoms with Gasteiger partial charge in [0, 0.05) is 42.6 Å². The molecular formula is C22H25N4O4P. The second-order valence-electron chi connectivity index (χ2n) is 6.48. The number of nitrogens with zero attached hydrogens (tertiary/aromatic N) is 3. The third-order valence-corrected chi connectivity index (χ3v) is 5.01. The van der Waals surface area contributed by atoms with Crippen LogP contribution in [-0.4, -0.2) is 50.6 Å². The summed E-state index contributed by atoms with van der Waals surface area (Å²) in [4.78, 5) is 8.88. The lowest BCUT2D eigenvalue weighted by molar-refractivity contribution is 0.132. The normalized spacial score (nSPS) is 10.6. The zero-order chi connectivity index (χ0) is 22.2. The summed E-state index contributed by atoms with van der Waals surface area (Å²) in [7, 11) is 5.89. The van der Waals surface area contributed by atoms with Gasteiger partial charge in [0.25, 0.3) is 0 Å². The number of methoxy groups -OCH3 is 2. The highest BCUT2D eigenvalue weighted by molar-refractivity contribution is 7.20. The van der Waals surface area contributed by atoms with Crippen LogP contribution in [0.3, 0.4) is 0 Å². The van der Waals surface area contributed by atoms with Gasteiger partial charge in [-0.1, -0.05) is 5.92 Å². The number of hydrogen-bond acceptors (Lipinski definition) is 8. The van der Waals surface area contributed by atoms with E-state index in [9.17, 15) is 0 Å². The quantitative estimate of drug-likeness (QED) is 0.222. The molecule has 3 aromatic rings. The predicted molar refractivity (Wildman–Crippen MR) is 125 cm³/mol. The molecule has 1 atom stereocenters. The number of fused-ring (bicyclic) bond motifs is 1. The van der Waals surface area contributed by atoms with Crippen LogP contribution in [0.4, 0.5) is 17.2 Å². The predicted octanol–water partition coefficient (Wildman–Crippen LogP) is 3.17. The van der Waals surface area contributed by atoms with Crippen LogP contribution < -0.4 is 19.9 Å². The molecule has 1 unspecified atom stereocenters. The number of hydrogen-bond donors (Lipinski definition) is 1. The first-order chi connectivity index (χ1) is 15.1. The number of terminal acetylenes is 1. The molecular weight excluding hydrogens is 415 g/mol. The number of anilines is 3. The molecule has 2 N–H and O–H groups in total. The molecule has 8 nitrogen and oxygen atoms in total. The average molecular weight is 440 g/mol. The van der Waals surface area contributed by atoms with Gasteiger partial charge in [0.15, 0.2) is 11.5 Å². The van der Waals surface area contributed by atoms with E-state index < -0.39 is 0 Å². The third kappa shape index (κ3) is 5.33. The van der Waals surface area contributed by atoms with Crippen molar-refractivity contribution in [1.82, 2.24) is 9.97 Å². The number of benzene rings is 2. The lowest BCUT2D eigenvalue weighted by Gasteiger charge is -2.21. The van der Waals surface area contributed by atoms with Crippen LogP contribution in [0, 0.1) is 12.3 Å². The Bertz CT molecular complexity index is 1090. The van der Waals surface area contributed by atoms with Gasteiger partial charge in [0.1, 0.15) is 25.4 Å². The van der Waals surface area contributed by atoms with Crippen LogP contribution in [0.1, 0.15) is 5.56 Å². The fourth-order valence-electron chi connectivity index (χ4n) is 2.88. The Morgan fingerprint density at radius 2 is 1.68 bits per heavy atom. The minimum Gasteiger partial charge on any atom is -0.487 e. The number of nitrogen functional groups attached to an aromatic ring is 1. The smallest absolute Gasteiger partial charge is 0.163 e. The van der Waals surface area contributed by atoms with E-state index in [2.05, 4.69) is 25.3 Å². The fourth-order valence-corrected chi connectivity index (χ4v) is 3.25. The van der Waals surface area contributed by atoms with Crippen molar-refractivity contribution in [2.24, 2.45) is 0 Å². The molecule has 0 aliphatic rings. The number of aromatic nitrogens is 2. The molecule has 3 rings (SSSR count). The van der Waals surface area contributed by atoms with Gasteiger partial charge in [-0.2, -0.15) is 0 Å². The van der Waals surface area contributed by atoms with Crippen LogP contribution >= 0.6 is 9.39 Å². The highest BCUT2D eigenvalue weighted by Gasteiger charge is 2.16. The molecule has 162 valence electrons. The van der Waals surface area contributed by atoms with Crippen molar-refractivity contribution in [3.8, 4) is 23.8 Å². The first kappa shape index (κ1) is 22.6. The highest BCUT2D eigenvalue weighted by Crippen LogP contribution is 2.38. The number of rotatable bonds is 10. The second-order valence-corrected chi connectivity index (χ2v) is 7.00. The van der Waals surface area contributed by atoms with Gasteiger partial charge >= 0.3 is 0 Å². The van der Waals surface area contributed by atoms with Gasteiger partial charge < -0.3 is 29.4 Å². The zero-order valence-electron chi connectivity index (χ0n) is 17.5. The van der Waals surface area contributed by atoms with Crippen LogP contribution in [0.2, 0.25) is 0 Å². The average Bonchev–Trinajstić information content (AvgIpc) is 2.79. The molecule has 2 aromatic carbocycles. The number of ether oxygens (including phenoxy) is 4. The fraction of sp³-hybridized carbons (Fsp3) is 0.273. The summed E-state index contributed by atoms with van der Waals surface area (Å²) >= 11 is 0. The van der Waals surface area contributed by atoms with Gasteiger partial charge in [-0.05, 0) is 33.7 Å². The zero-order valence-corrected chi connectivity index (χ0v) is 18.7. The first-order valence-corrected chi connectivity index (χ1v) is 10.0. The molecule has 0 amide bonds. The van der Waals surface area contributed by atoms with Crippen LogP contribution in [0.25, 0.3) is 10.9 Å². The summed E-state index contributed by atoms with van der Waals surface area (Å²) in [6.45, 7) is 1.67. The topological polar surface area (TPSA) is 92.0 Å². The molecule has 0 aliphatic heterocycles. The third-order valence-electron chi connectivity index (χ3n) is 4.47. The van der Waals surface area contributed by atoms with E-state index in [0.717, 1.165) is 11.1 Å². The maximum Gasteiger partial charge on any atom is 0.163 e. The Hall–Kier alpha value is -3.11. The van der Waals surface area contributed by atoms with Gasteiger partial charge in [-0.3, -0.25) is 0 Å². The molecule has 0 fully saturated rings. The molecule has 0 bridgehead atoms. The van der Waals surface area contributed by atoms with Gasteiger partial charge in [-0.25, -0.2) is 9.97 Å². The Kier molecular flexibility index (Phi) is 7.85. The Morgan fingerprint density at radius 1 is 1.00 bits per heavy atom. The molecule has 0 radical (unpaired) electrons. The Balaban J connectivity index is 2.03. The van der Waals surface area contributed by atoms with Crippen LogP contribution in [0.15, 0.2) is 36.7 Å². The van der Waals surface area contributed by atoms with Gasteiger partial charge in [-0.15, -0.1) is 6.42 Å². The van der Waals surface area contributed by atoms with Crippen molar-refractivity contribution in [3.05, 3.63) is 42.2 Å². The molecule has 0 saturated carbocycles. The lowest BCUT2D eigenvalue weighted by Crippen LogP contribution is -2.09. The first-order valence-electron chi connectivity index (χ1n) is 9.52. The summed E-state index contributed by atoms with van der Waals surface area (Å²) in [5.74, 6) is 4.39. The van der Waals surface area contributed by atoms with Crippen molar-refractivity contribution in [2.75, 3.05) is 51.1 Å². The SMILES string of the molecule is C#Cc1cc(N(P)c2ncnc3cc(OCCOC)c(OCCOC)cc23)ccc1N. The van der Waals surface area contributed by atoms with Crippen molar-refractivity contribution >= 4 is 37.5 Å². The molecule has 1 aromatic heterocycles. The highest BCUT2D eigenvalue weighted by atomic mass is 31.0. The van der Waals surface area contributed by atoms with Crippen molar-refractivity contribution in [3.63, 3.8) is 0 Å². The standard InChI is InChI=1S/C22H25N4O4P/c1-4-15-11-16(5-6-18(15)23)26(31)22-17-12-20(29-9-7-27-2)21(30-10-8-28-3)13-19(17)24-14-25-22/h1,5-6,11-14H,7-10,23,31H2,2-3H3. The van der Waals surface area contributed by atoms with Crippen molar-refractivity contribution in [1.29, 1.82) is 0 Å². The van der Waals surface area contributed by atoms with Crippen LogP contribution in [0.5, 0.6) is 11.5 Å². The van der Waals surface area contributed by atoms with Gasteiger partial charge in [0.2, 0.25) is 0 Å². The summed E-state index contributed by atoms with van der Waals surface area (Å²) in [6.07, 6.45) is 7.06. The minimum atomic E-state index is 0.375. The van der Waals surface area contributed by atoms with E-state index in [4.69, 9.17) is 31.1 Å². The molecule has 31 heavy (non-hydrogen) atoms. The van der Waals surface area contributed by atoms with E-state index >= 15 is 0 Å². The molecule has 0 saturated heterocycles. The van der Waals surface area contributed by atoms with E-state index in [1.54, 1.807) is 20.3 Å². The lowest BCUT2D eigenvalue weighted by atomic mass is 10.1. The largest absolute Gasteiger partial charge is 0.487 e. The maximum absolute atomic E-state index is 5.93. The van der Waals surface area contributed by atoms with E-state index in [-0.39, 0.29) is 0 Å². The Morgan fingerprint density at radius 3 is 2.32 bits per heavy atom. The summed E-state index contributed by atoms with van der Waals surface area (Å²) in [5, 5.41) is 0.781. The van der Waals surface area contributed by atoms with Crippen molar-refractivity contribution < 1.29 is 18.9 Å².